The van der Waals surface area contributed by atoms with Gasteiger partial charge in [-0.05, 0) is 38.5 Å². The lowest BCUT2D eigenvalue weighted by molar-refractivity contribution is 0.0509. The number of pyridine rings is 1. The van der Waals surface area contributed by atoms with Crippen molar-refractivity contribution < 1.29 is 19.1 Å². The van der Waals surface area contributed by atoms with E-state index in [2.05, 4.69) is 0 Å². The standard InChI is InChI=1S/C21H28N2O5/c1-3-5-9-28-19-17-20(25)23-14-8-6-7-13(10-14)16(23)12-22(17)11-15(18(19)24)21(26)27-4-2/h11,13-14,16H,3-10,12H2,1-2H3/t13-,14+,16-/m1/s1. The topological polar surface area (TPSA) is 77.8 Å². The third kappa shape index (κ3) is 3.01. The molecule has 2 fully saturated rings. The summed E-state index contributed by atoms with van der Waals surface area (Å²) in [6.45, 7) is 4.85. The first-order valence-electron chi connectivity index (χ1n) is 10.5. The molecule has 0 radical (unpaired) electrons. The molecule has 0 aromatic carbocycles. The summed E-state index contributed by atoms with van der Waals surface area (Å²) in [5.74, 6) is -0.303. The van der Waals surface area contributed by atoms with Crippen molar-refractivity contribution in [3.05, 3.63) is 27.7 Å². The van der Waals surface area contributed by atoms with E-state index in [-0.39, 0.29) is 41.6 Å². The maximum Gasteiger partial charge on any atom is 0.343 e. The van der Waals surface area contributed by atoms with Crippen LogP contribution in [0.3, 0.4) is 0 Å². The maximum absolute atomic E-state index is 13.4. The van der Waals surface area contributed by atoms with Crippen molar-refractivity contribution in [1.82, 2.24) is 9.47 Å². The van der Waals surface area contributed by atoms with Crippen molar-refractivity contribution in [2.75, 3.05) is 13.2 Å². The Morgan fingerprint density at radius 1 is 1.25 bits per heavy atom. The molecule has 2 aliphatic heterocycles. The summed E-state index contributed by atoms with van der Waals surface area (Å²) < 4.78 is 12.6. The Hall–Kier alpha value is -2.31. The van der Waals surface area contributed by atoms with E-state index in [0.717, 1.165) is 38.5 Å². The Kier molecular flexibility index (Phi) is 5.17. The number of rotatable bonds is 6. The predicted molar refractivity (Wildman–Crippen MR) is 103 cm³/mol. The van der Waals surface area contributed by atoms with Crippen LogP contribution in [-0.4, -0.2) is 46.6 Å². The number of hydrogen-bond acceptors (Lipinski definition) is 5. The van der Waals surface area contributed by atoms with Gasteiger partial charge in [-0.25, -0.2) is 4.79 Å². The number of carbonyl (C=O) groups excluding carboxylic acids is 2. The van der Waals surface area contributed by atoms with E-state index in [4.69, 9.17) is 9.47 Å². The number of nitrogens with zero attached hydrogens (tertiary/aromatic N) is 2. The minimum Gasteiger partial charge on any atom is -0.487 e. The zero-order valence-corrected chi connectivity index (χ0v) is 16.6. The molecular weight excluding hydrogens is 360 g/mol. The number of unbranched alkanes of at least 4 members (excludes halogenated alkanes) is 1. The van der Waals surface area contributed by atoms with Gasteiger partial charge >= 0.3 is 5.97 Å². The molecule has 4 rings (SSSR count). The second kappa shape index (κ2) is 7.60. The summed E-state index contributed by atoms with van der Waals surface area (Å²) >= 11 is 0. The Morgan fingerprint density at radius 2 is 2.07 bits per heavy atom. The molecule has 0 spiro atoms. The first-order chi connectivity index (χ1) is 13.6. The van der Waals surface area contributed by atoms with Gasteiger partial charge in [0.25, 0.3) is 5.91 Å². The van der Waals surface area contributed by atoms with Crippen molar-refractivity contribution in [2.45, 2.75) is 71.0 Å². The second-order valence-electron chi connectivity index (χ2n) is 7.98. The largest absolute Gasteiger partial charge is 0.487 e. The third-order valence-corrected chi connectivity index (χ3v) is 6.28. The molecular formula is C21H28N2O5. The van der Waals surface area contributed by atoms with Crippen LogP contribution in [-0.2, 0) is 11.3 Å². The molecule has 3 heterocycles. The molecule has 1 aliphatic carbocycles. The van der Waals surface area contributed by atoms with Crippen molar-refractivity contribution in [3.63, 3.8) is 0 Å². The van der Waals surface area contributed by atoms with Gasteiger partial charge in [0.15, 0.2) is 11.4 Å². The van der Waals surface area contributed by atoms with Gasteiger partial charge in [0, 0.05) is 18.8 Å². The molecule has 1 saturated heterocycles. The van der Waals surface area contributed by atoms with E-state index < -0.39 is 11.4 Å². The zero-order valence-electron chi connectivity index (χ0n) is 16.6. The molecule has 0 N–H and O–H groups in total. The van der Waals surface area contributed by atoms with E-state index in [1.165, 1.54) is 6.20 Å². The number of esters is 1. The fraction of sp³-hybridized carbons (Fsp3) is 0.667. The Labute approximate surface area is 164 Å². The zero-order chi connectivity index (χ0) is 19.8. The van der Waals surface area contributed by atoms with Crippen LogP contribution in [0.5, 0.6) is 5.75 Å². The summed E-state index contributed by atoms with van der Waals surface area (Å²) in [4.78, 5) is 40.8. The maximum atomic E-state index is 13.4. The monoisotopic (exact) mass is 388 g/mol. The molecule has 28 heavy (non-hydrogen) atoms. The number of carbonyl (C=O) groups is 2. The molecule has 0 unspecified atom stereocenters. The number of aromatic nitrogens is 1. The quantitative estimate of drug-likeness (QED) is 0.553. The lowest BCUT2D eigenvalue weighted by Gasteiger charge is -2.37. The molecule has 1 aromatic rings. The SMILES string of the molecule is CCCCOc1c2n(cc(C(=O)OCC)c1=O)C[C@@H]1[C@@H]3CCC[C@@H](C3)N1C2=O. The first kappa shape index (κ1) is 19.0. The van der Waals surface area contributed by atoms with Gasteiger partial charge in [-0.2, -0.15) is 0 Å². The number of ether oxygens (including phenoxy) is 2. The van der Waals surface area contributed by atoms with Gasteiger partial charge in [-0.3, -0.25) is 9.59 Å². The lowest BCUT2D eigenvalue weighted by atomic mass is 9.87. The van der Waals surface area contributed by atoms with Crippen molar-refractivity contribution in [1.29, 1.82) is 0 Å². The summed E-state index contributed by atoms with van der Waals surface area (Å²) in [5, 5.41) is 0. The van der Waals surface area contributed by atoms with Crippen LogP contribution in [0, 0.1) is 5.92 Å². The van der Waals surface area contributed by atoms with Gasteiger partial charge < -0.3 is 18.9 Å². The van der Waals surface area contributed by atoms with Crippen LogP contribution in [0.1, 0.15) is 73.2 Å². The van der Waals surface area contributed by atoms with Crippen LogP contribution in [0.25, 0.3) is 0 Å². The van der Waals surface area contributed by atoms with Gasteiger partial charge in [0.1, 0.15) is 5.56 Å². The molecule has 152 valence electrons. The molecule has 1 saturated carbocycles. The van der Waals surface area contributed by atoms with Gasteiger partial charge in [0.05, 0.1) is 19.3 Å². The van der Waals surface area contributed by atoms with E-state index in [1.807, 2.05) is 11.8 Å². The fourth-order valence-electron chi connectivity index (χ4n) is 4.99. The summed E-state index contributed by atoms with van der Waals surface area (Å²) in [6, 6.07) is 0.391. The smallest absolute Gasteiger partial charge is 0.343 e. The highest BCUT2D eigenvalue weighted by Gasteiger charge is 2.49. The summed E-state index contributed by atoms with van der Waals surface area (Å²) in [7, 11) is 0. The second-order valence-corrected chi connectivity index (χ2v) is 7.98. The highest BCUT2D eigenvalue weighted by molar-refractivity contribution is 5.98. The molecule has 7 heteroatoms. The summed E-state index contributed by atoms with van der Waals surface area (Å²) in [5.41, 5.74) is -0.313. The average Bonchev–Trinajstić information content (AvgIpc) is 2.93. The summed E-state index contributed by atoms with van der Waals surface area (Å²) in [6.07, 6.45) is 7.50. The normalized spacial score (nSPS) is 25.3. The Morgan fingerprint density at radius 3 is 2.82 bits per heavy atom. The predicted octanol–water partition coefficient (Wildman–Crippen LogP) is 2.60. The highest BCUT2D eigenvalue weighted by atomic mass is 16.5. The third-order valence-electron chi connectivity index (χ3n) is 6.28. The Bertz CT molecular complexity index is 846. The van der Waals surface area contributed by atoms with E-state index in [1.54, 1.807) is 11.5 Å². The van der Waals surface area contributed by atoms with Gasteiger partial charge in [-0.15, -0.1) is 0 Å². The molecule has 3 aliphatic rings. The van der Waals surface area contributed by atoms with Crippen LogP contribution in [0.15, 0.2) is 11.0 Å². The minimum absolute atomic E-state index is 0.00361. The van der Waals surface area contributed by atoms with Crippen molar-refractivity contribution in [3.8, 4) is 5.75 Å². The van der Waals surface area contributed by atoms with E-state index in [9.17, 15) is 14.4 Å². The minimum atomic E-state index is -0.664. The van der Waals surface area contributed by atoms with E-state index in [0.29, 0.717) is 19.1 Å². The van der Waals surface area contributed by atoms with Crippen molar-refractivity contribution >= 4 is 11.9 Å². The first-order valence-corrected chi connectivity index (χ1v) is 10.5. The average molecular weight is 388 g/mol. The lowest BCUT2D eigenvalue weighted by Crippen LogP contribution is -2.50. The van der Waals surface area contributed by atoms with Crippen molar-refractivity contribution in [2.24, 2.45) is 5.92 Å². The van der Waals surface area contributed by atoms with Gasteiger partial charge in [0.2, 0.25) is 5.43 Å². The number of fused-ring (bicyclic) bond motifs is 6. The van der Waals surface area contributed by atoms with Crippen LogP contribution in [0.2, 0.25) is 0 Å². The highest BCUT2D eigenvalue weighted by Crippen LogP contribution is 2.44. The fourth-order valence-corrected chi connectivity index (χ4v) is 4.99. The molecule has 1 aromatic heterocycles. The van der Waals surface area contributed by atoms with Crippen LogP contribution in [0.4, 0.5) is 0 Å². The van der Waals surface area contributed by atoms with Gasteiger partial charge in [-0.1, -0.05) is 19.8 Å². The molecule has 7 nitrogen and oxygen atoms in total. The molecule has 3 atom stereocenters. The van der Waals surface area contributed by atoms with E-state index >= 15 is 0 Å². The molecule has 1 amide bonds. The number of amides is 1. The molecule has 2 bridgehead atoms. The number of hydrogen-bond donors (Lipinski definition) is 0. The van der Waals surface area contributed by atoms with Crippen LogP contribution < -0.4 is 10.2 Å². The Balaban J connectivity index is 1.80. The van der Waals surface area contributed by atoms with Crippen LogP contribution >= 0.6 is 0 Å².